The minimum atomic E-state index is -0.123. The van der Waals surface area contributed by atoms with Crippen LogP contribution in [0.2, 0.25) is 0 Å². The Morgan fingerprint density at radius 1 is 1.50 bits per heavy atom. The number of hydrogen-bond acceptors (Lipinski definition) is 4. The van der Waals surface area contributed by atoms with Gasteiger partial charge in [0.2, 0.25) is 0 Å². The number of benzene rings is 1. The Hall–Kier alpha value is -1.20. The molecule has 1 aliphatic rings. The maximum atomic E-state index is 7.89. The fraction of sp³-hybridized carbons (Fsp3) is 0.533. The van der Waals surface area contributed by atoms with E-state index in [-0.39, 0.29) is 11.4 Å². The van der Waals surface area contributed by atoms with Gasteiger partial charge < -0.3 is 15.4 Å². The van der Waals surface area contributed by atoms with Crippen LogP contribution in [0.3, 0.4) is 0 Å². The molecule has 0 radical (unpaired) electrons. The number of nitrogens with one attached hydrogen (secondary N) is 1. The van der Waals surface area contributed by atoms with E-state index in [2.05, 4.69) is 17.9 Å². The zero-order chi connectivity index (χ0) is 14.8. The molecule has 0 aliphatic carbocycles. The summed E-state index contributed by atoms with van der Waals surface area (Å²) in [5.74, 6) is 0.134. The Morgan fingerprint density at radius 2 is 2.25 bits per heavy atom. The highest BCUT2D eigenvalue weighted by Crippen LogP contribution is 2.33. The zero-order valence-electron chi connectivity index (χ0n) is 12.4. The average molecular weight is 293 g/mol. The topological polar surface area (TPSA) is 62.3 Å². The minimum absolute atomic E-state index is 0.123. The second-order valence-electron chi connectivity index (χ2n) is 5.45. The lowest BCUT2D eigenvalue weighted by molar-refractivity contribution is -0.00466. The van der Waals surface area contributed by atoms with Gasteiger partial charge in [0.05, 0.1) is 11.2 Å². The molecule has 20 heavy (non-hydrogen) atoms. The lowest BCUT2D eigenvalue weighted by atomic mass is 9.93. The first-order valence-electron chi connectivity index (χ1n) is 6.82. The van der Waals surface area contributed by atoms with Gasteiger partial charge >= 0.3 is 0 Å². The third kappa shape index (κ3) is 2.94. The van der Waals surface area contributed by atoms with Gasteiger partial charge in [-0.15, -0.1) is 11.8 Å². The van der Waals surface area contributed by atoms with Crippen molar-refractivity contribution in [3.8, 4) is 0 Å². The molecule has 0 amide bonds. The molecule has 1 aromatic carbocycles. The Bertz CT molecular complexity index is 506. The third-order valence-electron chi connectivity index (χ3n) is 3.99. The van der Waals surface area contributed by atoms with Crippen LogP contribution in [0.1, 0.15) is 25.3 Å². The zero-order valence-corrected chi connectivity index (χ0v) is 13.2. The van der Waals surface area contributed by atoms with E-state index in [9.17, 15) is 0 Å². The summed E-state index contributed by atoms with van der Waals surface area (Å²) in [5, 5.41) is 7.89. The largest absolute Gasteiger partial charge is 0.384 e. The fourth-order valence-electron chi connectivity index (χ4n) is 2.80. The number of thioether (sulfide) groups is 1. The maximum absolute atomic E-state index is 7.89. The second kappa shape index (κ2) is 6.06. The van der Waals surface area contributed by atoms with E-state index < -0.39 is 0 Å². The van der Waals surface area contributed by atoms with E-state index in [1.807, 2.05) is 18.4 Å². The molecule has 0 bridgehead atoms. The van der Waals surface area contributed by atoms with Crippen molar-refractivity contribution in [1.29, 1.82) is 5.41 Å². The van der Waals surface area contributed by atoms with Crippen LogP contribution in [0.5, 0.6) is 0 Å². The van der Waals surface area contributed by atoms with Crippen LogP contribution in [0, 0.1) is 5.41 Å². The van der Waals surface area contributed by atoms with E-state index in [0.717, 1.165) is 42.1 Å². The lowest BCUT2D eigenvalue weighted by Crippen LogP contribution is -2.48. The van der Waals surface area contributed by atoms with Gasteiger partial charge in [-0.1, -0.05) is 6.07 Å². The van der Waals surface area contributed by atoms with Crippen molar-refractivity contribution in [2.45, 2.75) is 30.3 Å². The summed E-state index contributed by atoms with van der Waals surface area (Å²) in [6.07, 6.45) is 4.17. The van der Waals surface area contributed by atoms with E-state index in [1.54, 1.807) is 18.9 Å². The molecular formula is C15H23N3OS. The van der Waals surface area contributed by atoms with Crippen molar-refractivity contribution in [2.24, 2.45) is 5.73 Å². The Labute approximate surface area is 125 Å². The number of hydrogen-bond donors (Lipinski definition) is 2. The summed E-state index contributed by atoms with van der Waals surface area (Å²) in [6.45, 7) is 3.96. The van der Waals surface area contributed by atoms with Gasteiger partial charge in [0.25, 0.3) is 0 Å². The molecule has 2 rings (SSSR count). The van der Waals surface area contributed by atoms with Gasteiger partial charge in [0.1, 0.15) is 5.84 Å². The monoisotopic (exact) mass is 293 g/mol. The number of nitrogens with two attached hydrogens (primary N) is 1. The number of nitrogens with zero attached hydrogens (tertiary/aromatic N) is 1. The number of methoxy groups -OCH3 is 1. The van der Waals surface area contributed by atoms with Crippen LogP contribution in [0.25, 0.3) is 0 Å². The molecule has 0 spiro atoms. The van der Waals surface area contributed by atoms with Gasteiger partial charge in [0.15, 0.2) is 0 Å². The Morgan fingerprint density at radius 3 is 2.85 bits per heavy atom. The van der Waals surface area contributed by atoms with E-state index in [1.165, 1.54) is 0 Å². The summed E-state index contributed by atoms with van der Waals surface area (Å²) < 4.78 is 5.66. The number of piperidine rings is 1. The van der Waals surface area contributed by atoms with Crippen molar-refractivity contribution < 1.29 is 4.74 Å². The fourth-order valence-corrected chi connectivity index (χ4v) is 3.44. The van der Waals surface area contributed by atoms with Crippen molar-refractivity contribution >= 4 is 23.3 Å². The quantitative estimate of drug-likeness (QED) is 0.509. The standard InChI is InChI=1S/C15H23N3OS/c1-15(19-2)8-5-9-18(10-15)11-6-4-7-12(20-3)13(11)14(16)17/h4,6-7H,5,8-10H2,1-3H3,(H3,16,17). The average Bonchev–Trinajstić information content (AvgIpc) is 2.46. The van der Waals surface area contributed by atoms with Crippen molar-refractivity contribution in [3.05, 3.63) is 23.8 Å². The normalized spacial score (nSPS) is 22.9. The predicted molar refractivity (Wildman–Crippen MR) is 86.1 cm³/mol. The third-order valence-corrected chi connectivity index (χ3v) is 4.77. The first-order valence-corrected chi connectivity index (χ1v) is 8.05. The lowest BCUT2D eigenvalue weighted by Gasteiger charge is -2.41. The number of anilines is 1. The summed E-state index contributed by atoms with van der Waals surface area (Å²) in [5.41, 5.74) is 7.58. The van der Waals surface area contributed by atoms with Gasteiger partial charge in [0, 0.05) is 30.8 Å². The Balaban J connectivity index is 2.39. The highest BCUT2D eigenvalue weighted by atomic mass is 32.2. The summed E-state index contributed by atoms with van der Waals surface area (Å²) in [4.78, 5) is 3.35. The number of rotatable bonds is 4. The van der Waals surface area contributed by atoms with Gasteiger partial charge in [-0.2, -0.15) is 0 Å². The first-order chi connectivity index (χ1) is 9.50. The number of amidine groups is 1. The molecule has 0 aromatic heterocycles. The molecule has 1 aliphatic heterocycles. The molecule has 1 unspecified atom stereocenters. The van der Waals surface area contributed by atoms with Crippen LogP contribution in [0.4, 0.5) is 5.69 Å². The molecule has 1 heterocycles. The second-order valence-corrected chi connectivity index (χ2v) is 6.30. The van der Waals surface area contributed by atoms with Crippen LogP contribution < -0.4 is 10.6 Å². The molecule has 0 saturated carbocycles. The molecule has 1 fully saturated rings. The number of ether oxygens (including phenoxy) is 1. The van der Waals surface area contributed by atoms with Gasteiger partial charge in [-0.25, -0.2) is 0 Å². The predicted octanol–water partition coefficient (Wildman–Crippen LogP) is 2.70. The maximum Gasteiger partial charge on any atom is 0.126 e. The highest BCUT2D eigenvalue weighted by Gasteiger charge is 2.32. The summed E-state index contributed by atoms with van der Waals surface area (Å²) in [7, 11) is 1.77. The summed E-state index contributed by atoms with van der Waals surface area (Å²) >= 11 is 1.63. The molecule has 1 aromatic rings. The van der Waals surface area contributed by atoms with Gasteiger partial charge in [-0.05, 0) is 38.2 Å². The number of nitrogen functional groups attached to an aromatic ring is 1. The molecule has 110 valence electrons. The van der Waals surface area contributed by atoms with Crippen LogP contribution in [-0.2, 0) is 4.74 Å². The van der Waals surface area contributed by atoms with Crippen LogP contribution >= 0.6 is 11.8 Å². The molecule has 1 atom stereocenters. The van der Waals surface area contributed by atoms with Crippen molar-refractivity contribution in [1.82, 2.24) is 0 Å². The van der Waals surface area contributed by atoms with Crippen molar-refractivity contribution in [2.75, 3.05) is 31.4 Å². The molecule has 4 nitrogen and oxygen atoms in total. The van der Waals surface area contributed by atoms with Crippen molar-refractivity contribution in [3.63, 3.8) is 0 Å². The SMILES string of the molecule is COC1(C)CCCN(c2cccc(SC)c2C(=N)N)C1. The van der Waals surface area contributed by atoms with E-state index in [4.69, 9.17) is 15.9 Å². The minimum Gasteiger partial charge on any atom is -0.384 e. The summed E-state index contributed by atoms with van der Waals surface area (Å²) in [6, 6.07) is 6.11. The molecule has 3 N–H and O–H groups in total. The molecular weight excluding hydrogens is 270 g/mol. The highest BCUT2D eigenvalue weighted by molar-refractivity contribution is 7.98. The van der Waals surface area contributed by atoms with Crippen LogP contribution in [0.15, 0.2) is 23.1 Å². The van der Waals surface area contributed by atoms with Crippen LogP contribution in [-0.4, -0.2) is 37.9 Å². The van der Waals surface area contributed by atoms with E-state index >= 15 is 0 Å². The smallest absolute Gasteiger partial charge is 0.126 e. The molecule has 1 saturated heterocycles. The Kier molecular flexibility index (Phi) is 4.60. The first kappa shape index (κ1) is 15.2. The van der Waals surface area contributed by atoms with E-state index in [0.29, 0.717) is 0 Å². The molecule has 5 heteroatoms. The van der Waals surface area contributed by atoms with Gasteiger partial charge in [-0.3, -0.25) is 5.41 Å².